The molecule has 0 fully saturated rings. The maximum atomic E-state index is 13.8. The fraction of sp³-hybridized carbons (Fsp3) is 0.393. The van der Waals surface area contributed by atoms with Gasteiger partial charge in [-0.1, -0.05) is 49.4 Å². The van der Waals surface area contributed by atoms with Gasteiger partial charge in [0, 0.05) is 18.8 Å². The second-order valence-corrected chi connectivity index (χ2v) is 12.4. The van der Waals surface area contributed by atoms with E-state index < -0.39 is 34.1 Å². The number of aryl methyl sites for hydroxylation is 1. The van der Waals surface area contributed by atoms with Gasteiger partial charge in [0.1, 0.15) is 16.7 Å². The summed E-state index contributed by atoms with van der Waals surface area (Å²) in [6.07, 6.45) is 0.779. The maximum absolute atomic E-state index is 13.8. The lowest BCUT2D eigenvalue weighted by Gasteiger charge is -2.31. The number of hydrogen-bond donors (Lipinski definition) is 3. The number of likely N-dealkylation sites (N-methyl/N-ethyl adjacent to an activating group) is 1. The van der Waals surface area contributed by atoms with E-state index in [1.54, 1.807) is 40.0 Å². The van der Waals surface area contributed by atoms with Gasteiger partial charge < -0.3 is 10.1 Å². The second-order valence-electron chi connectivity index (χ2n) is 10.4. The molecule has 12 heteroatoms. The first-order valence-electron chi connectivity index (χ1n) is 12.8. The van der Waals surface area contributed by atoms with Crippen molar-refractivity contribution >= 4 is 39.3 Å². The van der Waals surface area contributed by atoms with E-state index in [0.717, 1.165) is 23.2 Å². The predicted molar refractivity (Wildman–Crippen MR) is 156 cm³/mol. The van der Waals surface area contributed by atoms with Gasteiger partial charge in [-0.25, -0.2) is 9.78 Å². The van der Waals surface area contributed by atoms with Crippen molar-refractivity contribution < 1.29 is 27.3 Å². The molecule has 0 saturated carbocycles. The topological polar surface area (TPSA) is 138 Å². The van der Waals surface area contributed by atoms with Crippen LogP contribution in [0.1, 0.15) is 55.6 Å². The van der Waals surface area contributed by atoms with E-state index in [1.807, 2.05) is 47.4 Å². The second kappa shape index (κ2) is 13.2. The molecule has 2 amide bonds. The van der Waals surface area contributed by atoms with Crippen molar-refractivity contribution in [2.24, 2.45) is 0 Å². The number of nitrogens with zero attached hydrogens (tertiary/aromatic N) is 2. The lowest BCUT2D eigenvalue weighted by Crippen LogP contribution is -2.51. The van der Waals surface area contributed by atoms with Crippen LogP contribution in [0.5, 0.6) is 0 Å². The van der Waals surface area contributed by atoms with Crippen LogP contribution in [0.4, 0.5) is 10.5 Å². The number of rotatable bonds is 11. The van der Waals surface area contributed by atoms with Crippen LogP contribution in [0.2, 0.25) is 0 Å². The van der Waals surface area contributed by atoms with Crippen LogP contribution in [0.15, 0.2) is 60.0 Å². The van der Waals surface area contributed by atoms with Crippen LogP contribution in [0, 0.1) is 0 Å². The van der Waals surface area contributed by atoms with E-state index in [-0.39, 0.29) is 18.0 Å². The smallest absolute Gasteiger partial charge is 0.410 e. The molecular formula is C28H36N4O6S2. The Kier molecular flexibility index (Phi) is 10.3. The normalized spacial score (nSPS) is 13.2. The molecule has 0 radical (unpaired) electrons. The van der Waals surface area contributed by atoms with Crippen LogP contribution in [0.25, 0.3) is 0 Å². The molecule has 3 N–H and O–H groups in total. The summed E-state index contributed by atoms with van der Waals surface area (Å²) in [5.41, 5.74) is 2.07. The van der Waals surface area contributed by atoms with Gasteiger partial charge in [0.25, 0.3) is 0 Å². The molecule has 1 aromatic heterocycles. The summed E-state index contributed by atoms with van der Waals surface area (Å²) >= 11 is 1.44. The molecule has 10 nitrogen and oxygen atoms in total. The third-order valence-corrected chi connectivity index (χ3v) is 7.41. The molecule has 2 atom stereocenters. The number of carbonyl (C=O) groups is 2. The van der Waals surface area contributed by atoms with Crippen molar-refractivity contribution in [2.75, 3.05) is 11.8 Å². The Hall–Kier alpha value is -3.48. The Morgan fingerprint density at radius 2 is 1.68 bits per heavy atom. The average molecular weight is 589 g/mol. The summed E-state index contributed by atoms with van der Waals surface area (Å²) in [5, 5.41) is 5.76. The highest BCUT2D eigenvalue weighted by Crippen LogP contribution is 2.25. The molecule has 2 aromatic carbocycles. The third kappa shape index (κ3) is 9.61. The first-order valence-corrected chi connectivity index (χ1v) is 15.1. The number of hydrogen-bond acceptors (Lipinski definition) is 7. The number of ether oxygens (including phenoxy) is 1. The van der Waals surface area contributed by atoms with Gasteiger partial charge in [0.15, 0.2) is 0 Å². The summed E-state index contributed by atoms with van der Waals surface area (Å²) < 4.78 is 38.8. The number of carbonyl (C=O) groups excluding carboxylic acids is 2. The Labute approximate surface area is 239 Å². The molecule has 0 saturated heterocycles. The van der Waals surface area contributed by atoms with E-state index in [1.165, 1.54) is 28.4 Å². The molecule has 3 rings (SSSR count). The third-order valence-electron chi connectivity index (χ3n) is 5.91. The van der Waals surface area contributed by atoms with Crippen molar-refractivity contribution in [2.45, 2.75) is 64.6 Å². The summed E-state index contributed by atoms with van der Waals surface area (Å²) in [5.74, 6) is -0.361. The monoisotopic (exact) mass is 588 g/mol. The molecule has 40 heavy (non-hydrogen) atoms. The standard InChI is InChI=1S/C28H36N4O6S2/c1-6-21-18-39-26(29-21)23(16-20-12-14-22(15-13-20)31-40(35,36)37)30-25(33)24(17-19-10-8-7-9-11-19)32(5)27(34)38-28(2,3)4/h7-15,18,23-24,31H,6,16-17H2,1-5H3,(H,30,33)(H,35,36,37)/t23-,24+/m0/s1. The first kappa shape index (κ1) is 31.1. The summed E-state index contributed by atoms with van der Waals surface area (Å²) in [6, 6.07) is 14.5. The van der Waals surface area contributed by atoms with Crippen LogP contribution in [0.3, 0.4) is 0 Å². The van der Waals surface area contributed by atoms with E-state index in [9.17, 15) is 18.0 Å². The minimum absolute atomic E-state index is 0.205. The number of benzene rings is 2. The van der Waals surface area contributed by atoms with Crippen molar-refractivity contribution in [1.82, 2.24) is 15.2 Å². The zero-order chi connectivity index (χ0) is 29.5. The highest BCUT2D eigenvalue weighted by Gasteiger charge is 2.32. The highest BCUT2D eigenvalue weighted by molar-refractivity contribution is 7.87. The van der Waals surface area contributed by atoms with E-state index in [0.29, 0.717) is 11.4 Å². The number of amides is 2. The molecule has 0 aliphatic carbocycles. The quantitative estimate of drug-likeness (QED) is 0.274. The molecule has 3 aromatic rings. The molecular weight excluding hydrogens is 552 g/mol. The molecule has 216 valence electrons. The lowest BCUT2D eigenvalue weighted by molar-refractivity contribution is -0.126. The number of thiazole rings is 1. The highest BCUT2D eigenvalue weighted by atomic mass is 32.2. The van der Waals surface area contributed by atoms with E-state index in [2.05, 4.69) is 10.3 Å². The predicted octanol–water partition coefficient (Wildman–Crippen LogP) is 4.80. The van der Waals surface area contributed by atoms with Gasteiger partial charge in [0.2, 0.25) is 5.91 Å². The Balaban J connectivity index is 1.89. The SMILES string of the molecule is CCc1csc([C@H](Cc2ccc(NS(=O)(=O)O)cc2)NC(=O)[C@@H](Cc2ccccc2)N(C)C(=O)OC(C)(C)C)n1. The molecule has 0 aliphatic heterocycles. The van der Waals surface area contributed by atoms with Gasteiger partial charge in [-0.3, -0.25) is 19.0 Å². The van der Waals surface area contributed by atoms with Crippen molar-refractivity contribution in [3.05, 3.63) is 81.8 Å². The molecule has 0 aliphatic rings. The van der Waals surface area contributed by atoms with Gasteiger partial charge in [0.05, 0.1) is 17.4 Å². The first-order chi connectivity index (χ1) is 18.7. The van der Waals surface area contributed by atoms with Crippen LogP contribution in [-0.2, 0) is 39.1 Å². The largest absolute Gasteiger partial charge is 0.444 e. The summed E-state index contributed by atoms with van der Waals surface area (Å²) in [7, 11) is -2.84. The number of nitrogens with one attached hydrogen (secondary N) is 2. The fourth-order valence-electron chi connectivity index (χ4n) is 3.91. The van der Waals surface area contributed by atoms with E-state index in [4.69, 9.17) is 9.29 Å². The maximum Gasteiger partial charge on any atom is 0.410 e. The fourth-order valence-corrected chi connectivity index (χ4v) is 5.30. The minimum atomic E-state index is -4.39. The Morgan fingerprint density at radius 1 is 1.05 bits per heavy atom. The van der Waals surface area contributed by atoms with Crippen molar-refractivity contribution in [3.63, 3.8) is 0 Å². The Morgan fingerprint density at radius 3 is 2.23 bits per heavy atom. The zero-order valence-electron chi connectivity index (χ0n) is 23.2. The summed E-state index contributed by atoms with van der Waals surface area (Å²) in [4.78, 5) is 32.8. The van der Waals surface area contributed by atoms with Crippen LogP contribution >= 0.6 is 11.3 Å². The minimum Gasteiger partial charge on any atom is -0.444 e. The molecule has 1 heterocycles. The van der Waals surface area contributed by atoms with Gasteiger partial charge in [-0.15, -0.1) is 11.3 Å². The molecule has 0 spiro atoms. The van der Waals surface area contributed by atoms with Crippen molar-refractivity contribution in [1.29, 1.82) is 0 Å². The zero-order valence-corrected chi connectivity index (χ0v) is 24.9. The number of aromatic nitrogens is 1. The van der Waals surface area contributed by atoms with Crippen molar-refractivity contribution in [3.8, 4) is 0 Å². The lowest BCUT2D eigenvalue weighted by atomic mass is 10.0. The van der Waals surface area contributed by atoms with E-state index >= 15 is 0 Å². The van der Waals surface area contributed by atoms with Crippen LogP contribution in [-0.4, -0.2) is 53.5 Å². The van der Waals surface area contributed by atoms with Crippen LogP contribution < -0.4 is 10.0 Å². The van der Waals surface area contributed by atoms with Gasteiger partial charge in [-0.05, 0) is 56.9 Å². The number of anilines is 1. The Bertz CT molecular complexity index is 1390. The molecule has 0 unspecified atom stereocenters. The average Bonchev–Trinajstić information content (AvgIpc) is 3.36. The molecule has 0 bridgehead atoms. The summed E-state index contributed by atoms with van der Waals surface area (Å²) in [6.45, 7) is 7.31. The van der Waals surface area contributed by atoms with Gasteiger partial charge >= 0.3 is 16.4 Å². The van der Waals surface area contributed by atoms with Gasteiger partial charge in [-0.2, -0.15) is 8.42 Å².